The highest BCUT2D eigenvalue weighted by Gasteiger charge is 2.25. The molecule has 2 aromatic carbocycles. The lowest BCUT2D eigenvalue weighted by molar-refractivity contribution is 0.325. The smallest absolute Gasteiger partial charge is 0.178 e. The van der Waals surface area contributed by atoms with Crippen LogP contribution >= 0.6 is 0 Å². The van der Waals surface area contributed by atoms with Crippen LogP contribution in [0.5, 0.6) is 5.75 Å². The van der Waals surface area contributed by atoms with Gasteiger partial charge in [-0.25, -0.2) is 0 Å². The molecule has 3 aromatic rings. The van der Waals surface area contributed by atoms with E-state index in [1.807, 2.05) is 37.0 Å². The van der Waals surface area contributed by atoms with Crippen molar-refractivity contribution < 1.29 is 5.11 Å². The number of aromatic nitrogens is 4. The van der Waals surface area contributed by atoms with Crippen LogP contribution < -0.4 is 0 Å². The summed E-state index contributed by atoms with van der Waals surface area (Å²) in [4.78, 5) is 2.06. The van der Waals surface area contributed by atoms with E-state index in [-0.39, 0.29) is 11.8 Å². The van der Waals surface area contributed by atoms with Crippen LogP contribution in [0.15, 0.2) is 42.5 Å². The van der Waals surface area contributed by atoms with Gasteiger partial charge in [-0.05, 0) is 67.2 Å². The van der Waals surface area contributed by atoms with Gasteiger partial charge in [0.2, 0.25) is 0 Å². The molecule has 124 valence electrons. The van der Waals surface area contributed by atoms with Crippen LogP contribution in [0, 0.1) is 13.8 Å². The Hall–Kier alpha value is -2.73. The molecule has 0 spiro atoms. The lowest BCUT2D eigenvalue weighted by atomic mass is 10.0. The molecule has 1 aromatic heterocycles. The minimum absolute atomic E-state index is 0.125. The largest absolute Gasteiger partial charge is 0.508 e. The fourth-order valence-corrected chi connectivity index (χ4v) is 3.00. The lowest BCUT2D eigenvalue weighted by Gasteiger charge is -2.24. The predicted molar refractivity (Wildman–Crippen MR) is 92.3 cm³/mol. The van der Waals surface area contributed by atoms with E-state index >= 15 is 0 Å². The first-order valence-corrected chi connectivity index (χ1v) is 7.79. The number of benzene rings is 2. The third-order valence-corrected chi connectivity index (χ3v) is 4.11. The average molecular weight is 323 g/mol. The first-order chi connectivity index (χ1) is 11.5. The van der Waals surface area contributed by atoms with Gasteiger partial charge >= 0.3 is 0 Å². The Morgan fingerprint density at radius 3 is 2.21 bits per heavy atom. The van der Waals surface area contributed by atoms with Gasteiger partial charge in [-0.1, -0.05) is 30.3 Å². The molecule has 1 N–H and O–H groups in total. The van der Waals surface area contributed by atoms with Crippen LogP contribution in [-0.4, -0.2) is 44.3 Å². The van der Waals surface area contributed by atoms with Crippen molar-refractivity contribution in [3.8, 4) is 11.4 Å². The maximum absolute atomic E-state index is 9.55. The number of phenols is 1. The monoisotopic (exact) mass is 323 g/mol. The van der Waals surface area contributed by atoms with E-state index in [1.165, 1.54) is 0 Å². The maximum Gasteiger partial charge on any atom is 0.178 e. The van der Waals surface area contributed by atoms with Crippen molar-refractivity contribution in [2.45, 2.75) is 19.9 Å². The van der Waals surface area contributed by atoms with Crippen molar-refractivity contribution in [1.29, 1.82) is 0 Å². The van der Waals surface area contributed by atoms with E-state index in [9.17, 15) is 5.11 Å². The van der Waals surface area contributed by atoms with E-state index in [0.29, 0.717) is 0 Å². The quantitative estimate of drug-likeness (QED) is 0.799. The summed E-state index contributed by atoms with van der Waals surface area (Å²) in [6.45, 7) is 4.11. The number of aromatic hydroxyl groups is 1. The number of phenolic OH excluding ortho intramolecular Hbond substituents is 1. The van der Waals surface area contributed by atoms with Crippen molar-refractivity contribution in [3.05, 3.63) is 65.0 Å². The summed E-state index contributed by atoms with van der Waals surface area (Å²) >= 11 is 0. The second-order valence-electron chi connectivity index (χ2n) is 6.15. The van der Waals surface area contributed by atoms with Gasteiger partial charge in [0.05, 0.1) is 11.7 Å². The van der Waals surface area contributed by atoms with Gasteiger partial charge in [0.25, 0.3) is 0 Å². The van der Waals surface area contributed by atoms with E-state index in [2.05, 4.69) is 46.4 Å². The van der Waals surface area contributed by atoms with Gasteiger partial charge in [-0.3, -0.25) is 4.90 Å². The zero-order chi connectivity index (χ0) is 17.3. The average Bonchev–Trinajstić information content (AvgIpc) is 2.98. The zero-order valence-corrected chi connectivity index (χ0v) is 14.3. The summed E-state index contributed by atoms with van der Waals surface area (Å²) in [7, 11) is 3.97. The van der Waals surface area contributed by atoms with Gasteiger partial charge in [0, 0.05) is 0 Å². The summed E-state index contributed by atoms with van der Waals surface area (Å²) < 4.78 is 1.81. The topological polar surface area (TPSA) is 67.1 Å². The molecule has 0 fully saturated rings. The van der Waals surface area contributed by atoms with Crippen molar-refractivity contribution in [1.82, 2.24) is 25.1 Å². The predicted octanol–water partition coefficient (Wildman–Crippen LogP) is 2.64. The Kier molecular flexibility index (Phi) is 4.31. The Morgan fingerprint density at radius 1 is 1.00 bits per heavy atom. The summed E-state index contributed by atoms with van der Waals surface area (Å²) in [6, 6.07) is 13.2. The Labute approximate surface area is 141 Å². The number of tetrazole rings is 1. The summed E-state index contributed by atoms with van der Waals surface area (Å²) in [5, 5.41) is 22.0. The van der Waals surface area contributed by atoms with E-state index < -0.39 is 0 Å². The standard InChI is InChI=1S/C18H21N5O/c1-12-6-5-7-13(2)16(12)23-18(19-20-21-23)17(22(3)4)14-8-10-15(24)11-9-14/h5-11,17,24H,1-4H3. The van der Waals surface area contributed by atoms with Crippen molar-refractivity contribution in [2.75, 3.05) is 14.1 Å². The first kappa shape index (κ1) is 16.1. The number of hydrogen-bond donors (Lipinski definition) is 1. The molecule has 1 atom stereocenters. The second-order valence-corrected chi connectivity index (χ2v) is 6.15. The molecule has 0 bridgehead atoms. The number of hydrogen-bond acceptors (Lipinski definition) is 5. The highest BCUT2D eigenvalue weighted by Crippen LogP contribution is 2.29. The summed E-state index contributed by atoms with van der Waals surface area (Å²) in [5.74, 6) is 0.980. The number of rotatable bonds is 4. The van der Waals surface area contributed by atoms with Crippen LogP contribution in [0.25, 0.3) is 5.69 Å². The van der Waals surface area contributed by atoms with Crippen molar-refractivity contribution in [2.24, 2.45) is 0 Å². The minimum atomic E-state index is -0.125. The Morgan fingerprint density at radius 2 is 1.62 bits per heavy atom. The molecule has 6 heteroatoms. The van der Waals surface area contributed by atoms with Crippen LogP contribution in [0.4, 0.5) is 0 Å². The Balaban J connectivity index is 2.15. The molecule has 0 amide bonds. The molecule has 1 unspecified atom stereocenters. The molecular weight excluding hydrogens is 302 g/mol. The fraction of sp³-hybridized carbons (Fsp3) is 0.278. The van der Waals surface area contributed by atoms with E-state index in [1.54, 1.807) is 12.1 Å². The number of para-hydroxylation sites is 1. The minimum Gasteiger partial charge on any atom is -0.508 e. The van der Waals surface area contributed by atoms with Crippen molar-refractivity contribution in [3.63, 3.8) is 0 Å². The van der Waals surface area contributed by atoms with Gasteiger partial charge in [-0.2, -0.15) is 4.68 Å². The van der Waals surface area contributed by atoms with Gasteiger partial charge < -0.3 is 5.11 Å². The van der Waals surface area contributed by atoms with Crippen LogP contribution in [0.1, 0.15) is 28.6 Å². The van der Waals surface area contributed by atoms with Gasteiger partial charge in [0.1, 0.15) is 5.75 Å². The molecule has 24 heavy (non-hydrogen) atoms. The molecule has 1 heterocycles. The normalized spacial score (nSPS) is 12.5. The van der Waals surface area contributed by atoms with E-state index in [4.69, 9.17) is 0 Å². The highest BCUT2D eigenvalue weighted by molar-refractivity contribution is 5.47. The molecule has 0 aliphatic carbocycles. The molecule has 6 nitrogen and oxygen atoms in total. The Bertz CT molecular complexity index is 819. The van der Waals surface area contributed by atoms with E-state index in [0.717, 1.165) is 28.2 Å². The molecule has 0 saturated carbocycles. The third kappa shape index (κ3) is 2.88. The SMILES string of the molecule is Cc1cccc(C)c1-n1nnnc1C(c1ccc(O)cc1)N(C)C. The molecule has 0 radical (unpaired) electrons. The lowest BCUT2D eigenvalue weighted by Crippen LogP contribution is -2.25. The van der Waals surface area contributed by atoms with Crippen LogP contribution in [0.2, 0.25) is 0 Å². The summed E-state index contributed by atoms with van der Waals surface area (Å²) in [6.07, 6.45) is 0. The van der Waals surface area contributed by atoms with Crippen molar-refractivity contribution >= 4 is 0 Å². The second kappa shape index (κ2) is 6.41. The zero-order valence-electron chi connectivity index (χ0n) is 14.3. The maximum atomic E-state index is 9.55. The molecule has 0 aliphatic heterocycles. The van der Waals surface area contributed by atoms with Gasteiger partial charge in [-0.15, -0.1) is 5.10 Å². The van der Waals surface area contributed by atoms with Gasteiger partial charge in [0.15, 0.2) is 5.82 Å². The first-order valence-electron chi connectivity index (χ1n) is 7.79. The third-order valence-electron chi connectivity index (χ3n) is 4.11. The number of nitrogens with zero attached hydrogens (tertiary/aromatic N) is 5. The molecule has 3 rings (SSSR count). The summed E-state index contributed by atoms with van der Waals surface area (Å²) in [5.41, 5.74) is 4.25. The highest BCUT2D eigenvalue weighted by atomic mass is 16.3. The fourth-order valence-electron chi connectivity index (χ4n) is 3.00. The number of aryl methyl sites for hydroxylation is 2. The molecular formula is C18H21N5O. The molecule has 0 aliphatic rings. The molecule has 0 saturated heterocycles. The van der Waals surface area contributed by atoms with Crippen LogP contribution in [0.3, 0.4) is 0 Å². The van der Waals surface area contributed by atoms with Crippen LogP contribution in [-0.2, 0) is 0 Å².